The number of nitrogens with one attached hydrogen (secondary N) is 1. The van der Waals surface area contributed by atoms with Gasteiger partial charge in [-0.05, 0) is 11.5 Å². The zero-order valence-electron chi connectivity index (χ0n) is 13.3. The summed E-state index contributed by atoms with van der Waals surface area (Å²) in [5.41, 5.74) is 1.16. The van der Waals surface area contributed by atoms with Crippen LogP contribution in [-0.4, -0.2) is 16.5 Å². The van der Waals surface area contributed by atoms with Gasteiger partial charge in [0.1, 0.15) is 11.6 Å². The van der Waals surface area contributed by atoms with E-state index in [2.05, 4.69) is 48.4 Å². The standard InChI is InChI=1S/C16H23N3OS/c1-6-13-17-15(21-19-13)18-14(16(2,3)4)11-9-7-8-10-12(11)20-5/h7-10,14H,6H2,1-5H3,(H,17,18,19). The Morgan fingerprint density at radius 3 is 2.57 bits per heavy atom. The molecular weight excluding hydrogens is 282 g/mol. The van der Waals surface area contributed by atoms with Gasteiger partial charge in [0.05, 0.1) is 13.2 Å². The molecule has 1 heterocycles. The predicted molar refractivity (Wildman–Crippen MR) is 88.1 cm³/mol. The van der Waals surface area contributed by atoms with Gasteiger partial charge in [0.15, 0.2) is 0 Å². The fraction of sp³-hybridized carbons (Fsp3) is 0.500. The Kier molecular flexibility index (Phi) is 4.83. The van der Waals surface area contributed by atoms with Crippen molar-refractivity contribution in [2.24, 2.45) is 5.41 Å². The molecule has 2 aromatic rings. The molecule has 0 bridgehead atoms. The van der Waals surface area contributed by atoms with Crippen molar-refractivity contribution < 1.29 is 4.74 Å². The molecule has 1 atom stereocenters. The van der Waals surface area contributed by atoms with Gasteiger partial charge < -0.3 is 10.1 Å². The SMILES string of the molecule is CCc1nsc(NC(c2ccccc2OC)C(C)(C)C)n1. The first kappa shape index (κ1) is 15.8. The van der Waals surface area contributed by atoms with Crippen molar-refractivity contribution in [1.29, 1.82) is 0 Å². The lowest BCUT2D eigenvalue weighted by Gasteiger charge is -2.32. The van der Waals surface area contributed by atoms with Gasteiger partial charge in [0, 0.05) is 23.5 Å². The number of benzene rings is 1. The molecule has 0 spiro atoms. The number of para-hydroxylation sites is 1. The number of rotatable bonds is 5. The first-order valence-electron chi connectivity index (χ1n) is 7.17. The van der Waals surface area contributed by atoms with Crippen molar-refractivity contribution in [3.8, 4) is 5.75 Å². The lowest BCUT2D eigenvalue weighted by Crippen LogP contribution is -2.26. The molecule has 1 unspecified atom stereocenters. The summed E-state index contributed by atoms with van der Waals surface area (Å²) >= 11 is 1.41. The van der Waals surface area contributed by atoms with Crippen molar-refractivity contribution >= 4 is 16.7 Å². The minimum absolute atomic E-state index is 0.0205. The van der Waals surface area contributed by atoms with E-state index in [0.717, 1.165) is 28.7 Å². The third kappa shape index (κ3) is 3.73. The summed E-state index contributed by atoms with van der Waals surface area (Å²) in [7, 11) is 1.71. The first-order chi connectivity index (χ1) is 9.95. The molecule has 0 amide bonds. The summed E-state index contributed by atoms with van der Waals surface area (Å²) in [6.07, 6.45) is 0.854. The van der Waals surface area contributed by atoms with Crippen LogP contribution in [0.5, 0.6) is 5.75 Å². The smallest absolute Gasteiger partial charge is 0.203 e. The van der Waals surface area contributed by atoms with E-state index in [4.69, 9.17) is 4.74 Å². The van der Waals surface area contributed by atoms with Crippen LogP contribution in [0.15, 0.2) is 24.3 Å². The third-order valence-electron chi connectivity index (χ3n) is 3.37. The Balaban J connectivity index is 2.35. The molecular formula is C16H23N3OS. The van der Waals surface area contributed by atoms with Crippen molar-refractivity contribution in [2.45, 2.75) is 40.2 Å². The number of ether oxygens (including phenoxy) is 1. The van der Waals surface area contributed by atoms with Crippen LogP contribution in [0.2, 0.25) is 0 Å². The fourth-order valence-corrected chi connectivity index (χ4v) is 2.92. The molecule has 1 aromatic heterocycles. The van der Waals surface area contributed by atoms with Gasteiger partial charge in [-0.3, -0.25) is 0 Å². The number of anilines is 1. The maximum Gasteiger partial charge on any atom is 0.203 e. The minimum atomic E-state index is 0.0205. The van der Waals surface area contributed by atoms with Gasteiger partial charge in [-0.25, -0.2) is 4.98 Å². The van der Waals surface area contributed by atoms with E-state index in [1.807, 2.05) is 18.2 Å². The normalized spacial score (nSPS) is 13.0. The first-order valence-corrected chi connectivity index (χ1v) is 7.95. The average molecular weight is 305 g/mol. The predicted octanol–water partition coefficient (Wildman–Crippen LogP) is 4.31. The second-order valence-electron chi connectivity index (χ2n) is 6.05. The molecule has 0 aliphatic carbocycles. The second kappa shape index (κ2) is 6.43. The number of hydrogen-bond donors (Lipinski definition) is 1. The third-order valence-corrected chi connectivity index (χ3v) is 4.05. The molecule has 114 valence electrons. The maximum atomic E-state index is 5.51. The second-order valence-corrected chi connectivity index (χ2v) is 6.81. The summed E-state index contributed by atoms with van der Waals surface area (Å²) < 4.78 is 9.86. The van der Waals surface area contributed by atoms with E-state index < -0.39 is 0 Å². The number of hydrogen-bond acceptors (Lipinski definition) is 5. The zero-order valence-corrected chi connectivity index (χ0v) is 14.1. The van der Waals surface area contributed by atoms with Gasteiger partial charge in [0.25, 0.3) is 0 Å². The fourth-order valence-electron chi connectivity index (χ4n) is 2.25. The van der Waals surface area contributed by atoms with Gasteiger partial charge in [-0.2, -0.15) is 4.37 Å². The highest BCUT2D eigenvalue weighted by atomic mass is 32.1. The van der Waals surface area contributed by atoms with E-state index in [0.29, 0.717) is 0 Å². The van der Waals surface area contributed by atoms with Crippen LogP contribution >= 0.6 is 11.5 Å². The molecule has 1 aromatic carbocycles. The van der Waals surface area contributed by atoms with Crippen molar-refractivity contribution in [3.63, 3.8) is 0 Å². The summed E-state index contributed by atoms with van der Waals surface area (Å²) in [4.78, 5) is 4.52. The van der Waals surface area contributed by atoms with Crippen molar-refractivity contribution in [3.05, 3.63) is 35.7 Å². The molecule has 0 fully saturated rings. The van der Waals surface area contributed by atoms with Crippen LogP contribution in [0, 0.1) is 5.41 Å². The van der Waals surface area contributed by atoms with Crippen LogP contribution in [-0.2, 0) is 6.42 Å². The summed E-state index contributed by atoms with van der Waals surface area (Å²) in [6, 6.07) is 8.22. The van der Waals surface area contributed by atoms with Gasteiger partial charge in [0.2, 0.25) is 5.13 Å². The quantitative estimate of drug-likeness (QED) is 0.894. The largest absolute Gasteiger partial charge is 0.496 e. The maximum absolute atomic E-state index is 5.51. The van der Waals surface area contributed by atoms with Gasteiger partial charge >= 0.3 is 0 Å². The number of nitrogens with zero attached hydrogens (tertiary/aromatic N) is 2. The Morgan fingerprint density at radius 1 is 1.29 bits per heavy atom. The van der Waals surface area contributed by atoms with Gasteiger partial charge in [-0.15, -0.1) is 0 Å². The molecule has 1 N–H and O–H groups in total. The lowest BCUT2D eigenvalue weighted by atomic mass is 9.82. The number of aryl methyl sites for hydroxylation is 1. The molecule has 4 nitrogen and oxygen atoms in total. The number of methoxy groups -OCH3 is 1. The van der Waals surface area contributed by atoms with Crippen LogP contribution in [0.25, 0.3) is 0 Å². The van der Waals surface area contributed by atoms with E-state index in [1.54, 1.807) is 7.11 Å². The topological polar surface area (TPSA) is 47.0 Å². The Bertz CT molecular complexity index is 589. The van der Waals surface area contributed by atoms with E-state index >= 15 is 0 Å². The average Bonchev–Trinajstić information content (AvgIpc) is 2.91. The van der Waals surface area contributed by atoms with E-state index in [1.165, 1.54) is 11.5 Å². The lowest BCUT2D eigenvalue weighted by molar-refractivity contribution is 0.332. The van der Waals surface area contributed by atoms with E-state index in [9.17, 15) is 0 Å². The van der Waals surface area contributed by atoms with Crippen LogP contribution in [0.4, 0.5) is 5.13 Å². The van der Waals surface area contributed by atoms with Crippen LogP contribution < -0.4 is 10.1 Å². The van der Waals surface area contributed by atoms with Crippen molar-refractivity contribution in [2.75, 3.05) is 12.4 Å². The van der Waals surface area contributed by atoms with E-state index in [-0.39, 0.29) is 11.5 Å². The van der Waals surface area contributed by atoms with Crippen molar-refractivity contribution in [1.82, 2.24) is 9.36 Å². The molecule has 0 saturated heterocycles. The molecule has 0 radical (unpaired) electrons. The Morgan fingerprint density at radius 2 is 2.00 bits per heavy atom. The monoisotopic (exact) mass is 305 g/mol. The van der Waals surface area contributed by atoms with Crippen LogP contribution in [0.3, 0.4) is 0 Å². The highest BCUT2D eigenvalue weighted by Gasteiger charge is 2.29. The molecule has 21 heavy (non-hydrogen) atoms. The summed E-state index contributed by atoms with van der Waals surface area (Å²) in [5.74, 6) is 1.78. The Labute approximate surface area is 130 Å². The zero-order chi connectivity index (χ0) is 15.5. The summed E-state index contributed by atoms with van der Waals surface area (Å²) in [5, 5.41) is 4.39. The highest BCUT2D eigenvalue weighted by molar-refractivity contribution is 7.09. The van der Waals surface area contributed by atoms with Crippen LogP contribution in [0.1, 0.15) is 45.1 Å². The molecule has 0 saturated carbocycles. The summed E-state index contributed by atoms with van der Waals surface area (Å²) in [6.45, 7) is 8.68. The molecule has 5 heteroatoms. The highest BCUT2D eigenvalue weighted by Crippen LogP contribution is 2.40. The van der Waals surface area contributed by atoms with Gasteiger partial charge in [-0.1, -0.05) is 45.9 Å². The number of aromatic nitrogens is 2. The molecule has 0 aliphatic rings. The Hall–Kier alpha value is -1.62. The molecule has 0 aliphatic heterocycles. The molecule has 2 rings (SSSR count). The minimum Gasteiger partial charge on any atom is -0.496 e.